The summed E-state index contributed by atoms with van der Waals surface area (Å²) in [4.78, 5) is 72.0. The molecule has 1 saturated heterocycles. The molecule has 2 aliphatic carbocycles. The van der Waals surface area contributed by atoms with Gasteiger partial charge in [-0.05, 0) is 36.4 Å². The van der Waals surface area contributed by atoms with Crippen LogP contribution in [-0.2, 0) is 9.59 Å². The number of furan rings is 2. The zero-order chi connectivity index (χ0) is 30.4. The highest BCUT2D eigenvalue weighted by atomic mass is 16.4. The average Bonchev–Trinajstić information content (AvgIpc) is 3.25. The highest BCUT2D eigenvalue weighted by Gasteiger charge is 2.47. The second kappa shape index (κ2) is 10.5. The smallest absolute Gasteiger partial charge is 0.344 e. The number of amides is 4. The van der Waals surface area contributed by atoms with Gasteiger partial charge in [0.1, 0.15) is 17.1 Å². The van der Waals surface area contributed by atoms with Crippen molar-refractivity contribution in [3.63, 3.8) is 0 Å². The van der Waals surface area contributed by atoms with E-state index < -0.39 is 34.7 Å². The number of fused-ring (bicyclic) bond motifs is 2. The van der Waals surface area contributed by atoms with Gasteiger partial charge >= 0.3 is 17.3 Å². The molecule has 0 bridgehead atoms. The maximum Gasteiger partial charge on any atom is 0.344 e. The Kier molecular flexibility index (Phi) is 6.33. The number of imide groups is 2. The van der Waals surface area contributed by atoms with Crippen molar-refractivity contribution in [1.82, 2.24) is 0 Å². The minimum absolute atomic E-state index is 0.172. The van der Waals surface area contributed by atoms with Crippen LogP contribution < -0.4 is 21.1 Å². The van der Waals surface area contributed by atoms with Gasteiger partial charge < -0.3 is 8.83 Å². The van der Waals surface area contributed by atoms with Crippen LogP contribution in [-0.4, -0.2) is 17.8 Å². The van der Waals surface area contributed by atoms with Crippen LogP contribution in [0.4, 0.5) is 16.2 Å². The first-order valence-corrected chi connectivity index (χ1v) is 13.6. The van der Waals surface area contributed by atoms with E-state index >= 15 is 0 Å². The molecular weight excluding hydrogens is 560 g/mol. The fourth-order valence-electron chi connectivity index (χ4n) is 5.44. The summed E-state index contributed by atoms with van der Waals surface area (Å²) in [5, 5.41) is 0. The monoisotopic (exact) mass is 580 g/mol. The Bertz CT molecular complexity index is 2030. The molecule has 0 aromatic heterocycles. The first-order chi connectivity index (χ1) is 21.5. The standard InChI is InChI=1S/C35H20N2O7/c38-31-30(32(39)37(22-15-7-2-8-16-22)35(42)36(31)21-13-5-1-6-14-21)29(27-23-17-9-3-11-19-25(23)43-33(27)40)28-24-18-10-4-12-20-26(24)44-34(28)41/h1-20H. The topological polar surface area (TPSA) is 118 Å². The summed E-state index contributed by atoms with van der Waals surface area (Å²) in [6, 6.07) is 31.7. The van der Waals surface area contributed by atoms with Gasteiger partial charge in [-0.15, -0.1) is 0 Å². The molecule has 0 N–H and O–H groups in total. The number of urea groups is 1. The predicted molar refractivity (Wildman–Crippen MR) is 162 cm³/mol. The molecule has 0 spiro atoms. The van der Waals surface area contributed by atoms with Crippen LogP contribution in [0.3, 0.4) is 0 Å². The Morgan fingerprint density at radius 2 is 0.818 bits per heavy atom. The Hall–Kier alpha value is -6.35. The third-order valence-corrected chi connectivity index (χ3v) is 7.34. The van der Waals surface area contributed by atoms with E-state index in [1.165, 1.54) is 0 Å². The van der Waals surface area contributed by atoms with Crippen LogP contribution in [0.5, 0.6) is 0 Å². The first kappa shape index (κ1) is 26.5. The Morgan fingerprint density at radius 1 is 0.455 bits per heavy atom. The first-order valence-electron chi connectivity index (χ1n) is 13.6. The van der Waals surface area contributed by atoms with Crippen molar-refractivity contribution in [2.75, 3.05) is 9.80 Å². The molecule has 0 radical (unpaired) electrons. The van der Waals surface area contributed by atoms with E-state index in [-0.39, 0.29) is 50.7 Å². The number of hydrogen-bond acceptors (Lipinski definition) is 7. The summed E-state index contributed by atoms with van der Waals surface area (Å²) >= 11 is 0. The van der Waals surface area contributed by atoms with Gasteiger partial charge in [0.2, 0.25) is 0 Å². The molecular formula is C35H20N2O7. The van der Waals surface area contributed by atoms with Gasteiger partial charge in [-0.25, -0.2) is 24.2 Å². The second-order valence-electron chi connectivity index (χ2n) is 9.89. The molecule has 1 fully saturated rings. The lowest BCUT2D eigenvalue weighted by Gasteiger charge is -2.34. The number of benzene rings is 2. The van der Waals surface area contributed by atoms with Crippen molar-refractivity contribution in [3.05, 3.63) is 159 Å². The van der Waals surface area contributed by atoms with Gasteiger partial charge in [0.15, 0.2) is 0 Å². The quantitative estimate of drug-likeness (QED) is 0.191. The number of nitrogens with zero attached hydrogens (tertiary/aromatic N) is 2. The van der Waals surface area contributed by atoms with Gasteiger partial charge in [0.25, 0.3) is 11.8 Å². The van der Waals surface area contributed by atoms with Gasteiger partial charge in [-0.2, -0.15) is 0 Å². The van der Waals surface area contributed by atoms with Crippen molar-refractivity contribution in [2.24, 2.45) is 0 Å². The van der Waals surface area contributed by atoms with Crippen molar-refractivity contribution in [2.45, 2.75) is 0 Å². The van der Waals surface area contributed by atoms with Crippen LogP contribution in [0.25, 0.3) is 28.2 Å². The summed E-state index contributed by atoms with van der Waals surface area (Å²) < 4.78 is 11.1. The van der Waals surface area contributed by atoms with Gasteiger partial charge in [0.05, 0.1) is 22.5 Å². The molecule has 212 valence electrons. The number of carbonyl (C=O) groups is 3. The Labute approximate surface area is 249 Å². The molecule has 5 aliphatic rings. The lowest BCUT2D eigenvalue weighted by Crippen LogP contribution is -2.57. The van der Waals surface area contributed by atoms with Crippen LogP contribution in [0, 0.1) is 0 Å². The molecule has 0 unspecified atom stereocenters. The third kappa shape index (κ3) is 4.14. The van der Waals surface area contributed by atoms with E-state index in [0.717, 1.165) is 9.80 Å². The molecule has 4 amide bonds. The molecule has 3 heterocycles. The average molecular weight is 581 g/mol. The maximum atomic E-state index is 14.5. The van der Waals surface area contributed by atoms with E-state index in [0.29, 0.717) is 0 Å². The van der Waals surface area contributed by atoms with Crippen LogP contribution in [0.15, 0.2) is 145 Å². The number of anilines is 2. The highest BCUT2D eigenvalue weighted by Crippen LogP contribution is 2.41. The molecule has 9 nitrogen and oxygen atoms in total. The summed E-state index contributed by atoms with van der Waals surface area (Å²) in [6.07, 6.45) is 0. The number of para-hydroxylation sites is 2. The van der Waals surface area contributed by atoms with E-state index in [4.69, 9.17) is 8.83 Å². The number of carbonyl (C=O) groups excluding carboxylic acids is 3. The summed E-state index contributed by atoms with van der Waals surface area (Å²) in [7, 11) is 0. The van der Waals surface area contributed by atoms with Crippen molar-refractivity contribution in [3.8, 4) is 22.6 Å². The van der Waals surface area contributed by atoms with Gasteiger partial charge in [0, 0.05) is 16.7 Å². The minimum atomic E-state index is -1.02. The molecule has 0 saturated carbocycles. The molecule has 0 atom stereocenters. The number of hydrogen-bond donors (Lipinski definition) is 0. The molecule has 2 aromatic rings. The molecule has 2 aromatic carbocycles. The van der Waals surface area contributed by atoms with E-state index in [1.807, 2.05) is 0 Å². The van der Waals surface area contributed by atoms with Crippen molar-refractivity contribution in [1.29, 1.82) is 0 Å². The summed E-state index contributed by atoms with van der Waals surface area (Å²) in [5.74, 6) is -1.69. The van der Waals surface area contributed by atoms with Crippen LogP contribution in [0.1, 0.15) is 11.1 Å². The number of barbiturate groups is 1. The van der Waals surface area contributed by atoms with Crippen molar-refractivity contribution < 1.29 is 23.2 Å². The lowest BCUT2D eigenvalue weighted by molar-refractivity contribution is -0.121. The fraction of sp³-hybridized carbons (Fsp3) is 0. The van der Waals surface area contributed by atoms with E-state index in [9.17, 15) is 24.0 Å². The number of rotatable bonds is 4. The minimum Gasteiger partial charge on any atom is -0.422 e. The maximum absolute atomic E-state index is 14.5. The molecule has 7 rings (SSSR count). The van der Waals surface area contributed by atoms with Crippen LogP contribution in [0.2, 0.25) is 0 Å². The largest absolute Gasteiger partial charge is 0.422 e. The van der Waals surface area contributed by atoms with Gasteiger partial charge in [-0.3, -0.25) is 9.59 Å². The lowest BCUT2D eigenvalue weighted by atomic mass is 9.88. The Morgan fingerprint density at radius 3 is 1.23 bits per heavy atom. The van der Waals surface area contributed by atoms with Crippen LogP contribution >= 0.6 is 0 Å². The Balaban J connectivity index is 1.64. The zero-order valence-electron chi connectivity index (χ0n) is 22.8. The van der Waals surface area contributed by atoms with E-state index in [2.05, 4.69) is 0 Å². The second-order valence-corrected chi connectivity index (χ2v) is 9.89. The SMILES string of the molecule is O=C1C(=C(c2c3cccccc-3oc2=O)c2c3cccccc-3oc2=O)C(=O)N(c2ccccc2)C(=O)N1c1ccccc1. The van der Waals surface area contributed by atoms with Gasteiger partial charge in [-0.1, -0.05) is 84.9 Å². The molecule has 9 heteroatoms. The van der Waals surface area contributed by atoms with E-state index in [1.54, 1.807) is 121 Å². The summed E-state index contributed by atoms with van der Waals surface area (Å²) in [6.45, 7) is 0. The molecule has 3 aliphatic heterocycles. The fourth-order valence-corrected chi connectivity index (χ4v) is 5.44. The normalized spacial score (nSPS) is 13.6. The van der Waals surface area contributed by atoms with Crippen molar-refractivity contribution >= 4 is 34.8 Å². The summed E-state index contributed by atoms with van der Waals surface area (Å²) in [5.41, 5.74) is -2.11. The highest BCUT2D eigenvalue weighted by molar-refractivity contribution is 6.47. The third-order valence-electron chi connectivity index (χ3n) is 7.34. The predicted octanol–water partition coefficient (Wildman–Crippen LogP) is 5.80. The zero-order valence-corrected chi connectivity index (χ0v) is 22.8. The molecule has 44 heavy (non-hydrogen) atoms.